The second-order valence-electron chi connectivity index (χ2n) is 10.9. The number of carboxylic acid groups (broad SMARTS) is 1. The molecule has 9 heteroatoms. The lowest BCUT2D eigenvalue weighted by Gasteiger charge is -2.43. The van der Waals surface area contributed by atoms with Crippen LogP contribution in [0.1, 0.15) is 116 Å². The summed E-state index contributed by atoms with van der Waals surface area (Å²) in [6.07, 6.45) is 19.3. The molecule has 1 aromatic rings. The third-order valence-corrected chi connectivity index (χ3v) is 7.95. The predicted octanol–water partition coefficient (Wildman–Crippen LogP) is 5.52. The molecular formula is C29H49N3O5S. The number of carbonyl (C=O) groups excluding carboxylic acids is 2. The minimum Gasteiger partial charge on any atom is -0.554 e. The van der Waals surface area contributed by atoms with E-state index in [0.717, 1.165) is 61.8 Å². The largest absolute Gasteiger partial charge is 0.554 e. The summed E-state index contributed by atoms with van der Waals surface area (Å²) in [5.41, 5.74) is 2.07. The van der Waals surface area contributed by atoms with E-state index in [1.807, 2.05) is 0 Å². The molecule has 2 heterocycles. The summed E-state index contributed by atoms with van der Waals surface area (Å²) in [6.45, 7) is 6.45. The maximum absolute atomic E-state index is 12.8. The van der Waals surface area contributed by atoms with Gasteiger partial charge in [0.2, 0.25) is 6.23 Å². The van der Waals surface area contributed by atoms with Crippen molar-refractivity contribution in [3.05, 3.63) is 11.8 Å². The van der Waals surface area contributed by atoms with Crippen LogP contribution in [-0.4, -0.2) is 58.6 Å². The van der Waals surface area contributed by atoms with Crippen molar-refractivity contribution < 1.29 is 28.7 Å². The second kappa shape index (κ2) is 18.3. The summed E-state index contributed by atoms with van der Waals surface area (Å²) >= 11 is 1.23. The van der Waals surface area contributed by atoms with Gasteiger partial charge in [-0.15, -0.1) is 4.37 Å². The van der Waals surface area contributed by atoms with Crippen LogP contribution in [0.25, 0.3) is 5.57 Å². The Morgan fingerprint density at radius 3 is 2.37 bits per heavy atom. The van der Waals surface area contributed by atoms with Gasteiger partial charge in [-0.3, -0.25) is 9.28 Å². The molecule has 2 aliphatic rings. The summed E-state index contributed by atoms with van der Waals surface area (Å²) in [5.74, 6) is 1.14. The molecule has 0 N–H and O–H groups in total. The molecule has 8 nitrogen and oxygen atoms in total. The number of carbonyl (C=O) groups is 2. The molecule has 2 atom stereocenters. The minimum atomic E-state index is -0.500. The van der Waals surface area contributed by atoms with Crippen molar-refractivity contribution in [2.45, 2.75) is 116 Å². The van der Waals surface area contributed by atoms with Crippen molar-refractivity contribution in [2.24, 2.45) is 5.92 Å². The van der Waals surface area contributed by atoms with E-state index in [0.29, 0.717) is 24.8 Å². The first-order valence-electron chi connectivity index (χ1n) is 14.7. The fraction of sp³-hybridized carbons (Fsp3) is 0.793. The minimum absolute atomic E-state index is 0.0164. The number of unbranched alkanes of at least 4 members (excludes halogenated alkanes) is 9. The Bertz CT molecular complexity index is 842. The summed E-state index contributed by atoms with van der Waals surface area (Å²) in [7, 11) is 2.25. The zero-order chi connectivity index (χ0) is 27.6. The molecule has 1 fully saturated rings. The van der Waals surface area contributed by atoms with Gasteiger partial charge in [0, 0.05) is 30.8 Å². The predicted molar refractivity (Wildman–Crippen MR) is 149 cm³/mol. The van der Waals surface area contributed by atoms with E-state index in [2.05, 4.69) is 35.7 Å². The molecule has 1 saturated carbocycles. The SMILES string of the molecule is CCCCCCCCCC(=O)OC(C1CC1)[N+]1(C)CCC=C(c2nsnc2OCCCCCC)C1.O=C[O-]. The van der Waals surface area contributed by atoms with Gasteiger partial charge in [0.05, 0.1) is 31.9 Å². The highest BCUT2D eigenvalue weighted by Crippen LogP contribution is 2.41. The zero-order valence-electron chi connectivity index (χ0n) is 23.8. The van der Waals surface area contributed by atoms with Crippen LogP contribution in [-0.2, 0) is 14.3 Å². The van der Waals surface area contributed by atoms with Crippen molar-refractivity contribution >= 4 is 29.7 Å². The van der Waals surface area contributed by atoms with Gasteiger partial charge in [0.25, 0.3) is 5.88 Å². The number of nitrogens with zero attached hydrogens (tertiary/aromatic N) is 3. The highest BCUT2D eigenvalue weighted by Gasteiger charge is 2.48. The maximum atomic E-state index is 12.8. The van der Waals surface area contributed by atoms with E-state index in [9.17, 15) is 4.79 Å². The number of hydrogen-bond donors (Lipinski definition) is 0. The van der Waals surface area contributed by atoms with Gasteiger partial charge in [-0.1, -0.05) is 77.7 Å². The quantitative estimate of drug-likeness (QED) is 0.102. The number of hydrogen-bond acceptors (Lipinski definition) is 8. The van der Waals surface area contributed by atoms with Crippen molar-refractivity contribution in [2.75, 3.05) is 26.7 Å². The molecule has 0 radical (unpaired) electrons. The van der Waals surface area contributed by atoms with Crippen molar-refractivity contribution in [1.29, 1.82) is 0 Å². The van der Waals surface area contributed by atoms with Crippen LogP contribution in [0.3, 0.4) is 0 Å². The number of esters is 1. The van der Waals surface area contributed by atoms with Crippen molar-refractivity contribution in [1.82, 2.24) is 8.75 Å². The molecule has 1 aliphatic heterocycles. The van der Waals surface area contributed by atoms with Crippen molar-refractivity contribution in [3.8, 4) is 5.88 Å². The molecule has 0 aromatic carbocycles. The molecule has 1 aromatic heterocycles. The Kier molecular flexibility index (Phi) is 15.5. The van der Waals surface area contributed by atoms with E-state index in [1.165, 1.54) is 68.7 Å². The van der Waals surface area contributed by atoms with Crippen LogP contribution in [0.2, 0.25) is 0 Å². The Labute approximate surface area is 233 Å². The van der Waals surface area contributed by atoms with Gasteiger partial charge < -0.3 is 19.4 Å². The summed E-state index contributed by atoms with van der Waals surface area (Å²) in [5, 5.41) is 8.25. The van der Waals surface area contributed by atoms with Gasteiger partial charge in [0.1, 0.15) is 12.2 Å². The first-order chi connectivity index (χ1) is 18.5. The van der Waals surface area contributed by atoms with E-state index in [1.54, 1.807) is 0 Å². The smallest absolute Gasteiger partial charge is 0.310 e. The lowest BCUT2D eigenvalue weighted by atomic mass is 10.0. The molecule has 0 amide bonds. The maximum Gasteiger partial charge on any atom is 0.310 e. The van der Waals surface area contributed by atoms with E-state index in [-0.39, 0.29) is 12.2 Å². The molecule has 1 aliphatic carbocycles. The molecule has 216 valence electrons. The van der Waals surface area contributed by atoms with E-state index < -0.39 is 6.47 Å². The monoisotopic (exact) mass is 551 g/mol. The van der Waals surface area contributed by atoms with Crippen LogP contribution >= 0.6 is 11.7 Å². The zero-order valence-corrected chi connectivity index (χ0v) is 24.6. The fourth-order valence-electron chi connectivity index (χ4n) is 5.16. The van der Waals surface area contributed by atoms with Gasteiger partial charge in [-0.05, 0) is 25.7 Å². The van der Waals surface area contributed by atoms with Crippen LogP contribution in [0.15, 0.2) is 6.08 Å². The highest BCUT2D eigenvalue weighted by atomic mass is 32.1. The number of aromatic nitrogens is 2. The number of ether oxygens (including phenoxy) is 2. The molecule has 2 unspecified atom stereocenters. The normalized spacial score (nSPS) is 19.6. The average Bonchev–Trinajstić information content (AvgIpc) is 3.63. The number of quaternary nitrogens is 1. The second-order valence-corrected chi connectivity index (χ2v) is 11.4. The Balaban J connectivity index is 0.00000161. The van der Waals surface area contributed by atoms with Crippen molar-refractivity contribution in [3.63, 3.8) is 0 Å². The lowest BCUT2D eigenvalue weighted by molar-refractivity contribution is -0.949. The van der Waals surface area contributed by atoms with Crippen LogP contribution in [0, 0.1) is 5.92 Å². The lowest BCUT2D eigenvalue weighted by Crippen LogP contribution is -2.57. The topological polar surface area (TPSA) is 101 Å². The summed E-state index contributed by atoms with van der Waals surface area (Å²) < 4.78 is 22.0. The van der Waals surface area contributed by atoms with Gasteiger partial charge in [-0.2, -0.15) is 4.37 Å². The first kappa shape index (κ1) is 32.2. The molecule has 0 saturated heterocycles. The number of likely N-dealkylation sites (N-methyl/N-ethyl adjacent to an activating group) is 1. The fourth-order valence-corrected chi connectivity index (χ4v) is 5.69. The Morgan fingerprint density at radius 2 is 1.71 bits per heavy atom. The van der Waals surface area contributed by atoms with E-state index >= 15 is 0 Å². The van der Waals surface area contributed by atoms with E-state index in [4.69, 9.17) is 19.4 Å². The first-order valence-corrected chi connectivity index (χ1v) is 15.5. The Morgan fingerprint density at radius 1 is 1.08 bits per heavy atom. The highest BCUT2D eigenvalue weighted by molar-refractivity contribution is 6.99. The Hall–Kier alpha value is -2.00. The average molecular weight is 552 g/mol. The molecule has 38 heavy (non-hydrogen) atoms. The molecule has 0 bridgehead atoms. The number of rotatable bonds is 18. The summed E-state index contributed by atoms with van der Waals surface area (Å²) in [6, 6.07) is 0. The van der Waals surface area contributed by atoms with Gasteiger partial charge >= 0.3 is 5.97 Å². The van der Waals surface area contributed by atoms with Gasteiger partial charge in [0.15, 0.2) is 0 Å². The van der Waals surface area contributed by atoms with Gasteiger partial charge in [-0.25, -0.2) is 0 Å². The standard InChI is InChI=1S/C28H48N3O3S.CH2O2/c1-4-6-8-10-11-12-13-17-25(32)34-28(23-18-19-23)31(3)20-15-16-24(22-31)26-27(30-35-29-26)33-21-14-9-7-5-2;2-1-3/h16,23,28H,4-15,17-22H2,1-3H3;1H,(H,2,3)/q+1;/p-1. The molecule has 0 spiro atoms. The molecular weight excluding hydrogens is 502 g/mol. The van der Waals surface area contributed by atoms with Crippen LogP contribution < -0.4 is 9.84 Å². The third kappa shape index (κ3) is 11.4. The molecule has 3 rings (SSSR count). The summed E-state index contributed by atoms with van der Waals surface area (Å²) in [4.78, 5) is 21.0. The van der Waals surface area contributed by atoms with Crippen LogP contribution in [0.4, 0.5) is 0 Å². The van der Waals surface area contributed by atoms with Crippen LogP contribution in [0.5, 0.6) is 5.88 Å². The third-order valence-electron chi connectivity index (χ3n) is 7.44.